The summed E-state index contributed by atoms with van der Waals surface area (Å²) in [6.45, 7) is 0.604. The summed E-state index contributed by atoms with van der Waals surface area (Å²) in [7, 11) is 1.58. The third-order valence-electron chi connectivity index (χ3n) is 2.58. The second-order valence-corrected chi connectivity index (χ2v) is 4.97. The lowest BCUT2D eigenvalue weighted by atomic mass is 10.3. The number of hydrogen-bond acceptors (Lipinski definition) is 6. The van der Waals surface area contributed by atoms with Crippen LogP contribution in [-0.4, -0.2) is 22.1 Å². The van der Waals surface area contributed by atoms with Crippen molar-refractivity contribution >= 4 is 27.5 Å². The molecule has 0 aliphatic heterocycles. The maximum absolute atomic E-state index is 5.05. The second-order valence-electron chi connectivity index (χ2n) is 3.85. The summed E-state index contributed by atoms with van der Waals surface area (Å²) in [6, 6.07) is 9.80. The standard InChI is InChI=1S/C13H12N4OS/c1-18-11-6-7-14-13(17-11)15-8-12-16-9-4-2-3-5-10(9)19-12/h2-7H,8H2,1H3,(H,14,15,17). The topological polar surface area (TPSA) is 59.9 Å². The number of ether oxygens (including phenoxy) is 1. The summed E-state index contributed by atoms with van der Waals surface area (Å²) < 4.78 is 6.24. The molecule has 3 rings (SSSR count). The van der Waals surface area contributed by atoms with E-state index >= 15 is 0 Å². The first kappa shape index (κ1) is 11.9. The fraction of sp³-hybridized carbons (Fsp3) is 0.154. The van der Waals surface area contributed by atoms with E-state index in [-0.39, 0.29) is 0 Å². The van der Waals surface area contributed by atoms with Crippen LogP contribution in [0, 0.1) is 0 Å². The lowest BCUT2D eigenvalue weighted by Gasteiger charge is -2.03. The molecular formula is C13H12N4OS. The minimum absolute atomic E-state index is 0.540. The number of thiazole rings is 1. The van der Waals surface area contributed by atoms with Crippen LogP contribution in [0.5, 0.6) is 5.88 Å². The number of hydrogen-bond donors (Lipinski definition) is 1. The van der Waals surface area contributed by atoms with Gasteiger partial charge in [0.15, 0.2) is 0 Å². The molecule has 0 bridgehead atoms. The number of aromatic nitrogens is 3. The Bertz CT molecular complexity index is 665. The molecule has 2 aromatic heterocycles. The third kappa shape index (κ3) is 2.63. The number of nitrogens with one attached hydrogen (secondary N) is 1. The molecule has 1 aromatic carbocycles. The van der Waals surface area contributed by atoms with E-state index in [1.54, 1.807) is 30.7 Å². The lowest BCUT2D eigenvalue weighted by Crippen LogP contribution is -2.03. The summed E-state index contributed by atoms with van der Waals surface area (Å²) in [5.74, 6) is 1.08. The number of nitrogens with zero attached hydrogens (tertiary/aromatic N) is 3. The quantitative estimate of drug-likeness (QED) is 0.791. The van der Waals surface area contributed by atoms with E-state index in [0.717, 1.165) is 10.5 Å². The molecule has 0 spiro atoms. The smallest absolute Gasteiger partial charge is 0.226 e. The summed E-state index contributed by atoms with van der Waals surface area (Å²) in [4.78, 5) is 12.9. The van der Waals surface area contributed by atoms with Gasteiger partial charge in [-0.25, -0.2) is 9.97 Å². The SMILES string of the molecule is COc1ccnc(NCc2nc3ccccc3s2)n1. The Balaban J connectivity index is 1.74. The Labute approximate surface area is 114 Å². The molecule has 0 aliphatic rings. The number of methoxy groups -OCH3 is 1. The monoisotopic (exact) mass is 272 g/mol. The normalized spacial score (nSPS) is 10.6. The van der Waals surface area contributed by atoms with Gasteiger partial charge in [-0.15, -0.1) is 11.3 Å². The van der Waals surface area contributed by atoms with Gasteiger partial charge in [0.2, 0.25) is 11.8 Å². The number of rotatable bonds is 4. The highest BCUT2D eigenvalue weighted by molar-refractivity contribution is 7.18. The van der Waals surface area contributed by atoms with Crippen LogP contribution in [0.1, 0.15) is 5.01 Å². The van der Waals surface area contributed by atoms with E-state index in [0.29, 0.717) is 18.4 Å². The minimum Gasteiger partial charge on any atom is -0.481 e. The van der Waals surface area contributed by atoms with Crippen molar-refractivity contribution in [3.8, 4) is 5.88 Å². The van der Waals surface area contributed by atoms with Gasteiger partial charge in [0, 0.05) is 12.3 Å². The van der Waals surface area contributed by atoms with Crippen molar-refractivity contribution in [2.75, 3.05) is 12.4 Å². The fourth-order valence-electron chi connectivity index (χ4n) is 1.69. The zero-order valence-corrected chi connectivity index (χ0v) is 11.1. The van der Waals surface area contributed by atoms with Crippen molar-refractivity contribution in [3.05, 3.63) is 41.5 Å². The molecular weight excluding hydrogens is 260 g/mol. The average molecular weight is 272 g/mol. The molecule has 0 aliphatic carbocycles. The van der Waals surface area contributed by atoms with Crippen molar-refractivity contribution in [1.82, 2.24) is 15.0 Å². The van der Waals surface area contributed by atoms with E-state index < -0.39 is 0 Å². The Morgan fingerprint density at radius 1 is 1.21 bits per heavy atom. The third-order valence-corrected chi connectivity index (χ3v) is 3.61. The van der Waals surface area contributed by atoms with Crippen LogP contribution in [0.4, 0.5) is 5.95 Å². The van der Waals surface area contributed by atoms with Gasteiger partial charge in [0.25, 0.3) is 0 Å². The minimum atomic E-state index is 0.540. The van der Waals surface area contributed by atoms with E-state index in [9.17, 15) is 0 Å². The van der Waals surface area contributed by atoms with Gasteiger partial charge in [0.1, 0.15) is 5.01 Å². The highest BCUT2D eigenvalue weighted by Gasteiger charge is 2.04. The summed E-state index contributed by atoms with van der Waals surface area (Å²) in [6.07, 6.45) is 1.66. The van der Waals surface area contributed by atoms with Gasteiger partial charge >= 0.3 is 0 Å². The molecule has 2 heterocycles. The number of fused-ring (bicyclic) bond motifs is 1. The van der Waals surface area contributed by atoms with Gasteiger partial charge < -0.3 is 10.1 Å². The van der Waals surface area contributed by atoms with Crippen LogP contribution in [0.25, 0.3) is 10.2 Å². The van der Waals surface area contributed by atoms with Crippen LogP contribution in [0.3, 0.4) is 0 Å². The van der Waals surface area contributed by atoms with E-state index in [2.05, 4.69) is 26.3 Å². The van der Waals surface area contributed by atoms with Crippen molar-refractivity contribution in [2.24, 2.45) is 0 Å². The number of para-hydroxylation sites is 1. The molecule has 0 saturated heterocycles. The molecule has 3 aromatic rings. The zero-order chi connectivity index (χ0) is 13.1. The molecule has 0 saturated carbocycles. The molecule has 96 valence electrons. The molecule has 0 unspecified atom stereocenters. The summed E-state index contributed by atoms with van der Waals surface area (Å²) in [5, 5.41) is 4.15. The summed E-state index contributed by atoms with van der Waals surface area (Å²) in [5.41, 5.74) is 1.02. The van der Waals surface area contributed by atoms with Crippen molar-refractivity contribution in [1.29, 1.82) is 0 Å². The van der Waals surface area contributed by atoms with Gasteiger partial charge in [-0.05, 0) is 12.1 Å². The van der Waals surface area contributed by atoms with Crippen molar-refractivity contribution < 1.29 is 4.74 Å². The van der Waals surface area contributed by atoms with Crippen LogP contribution in [-0.2, 0) is 6.54 Å². The molecule has 19 heavy (non-hydrogen) atoms. The fourth-order valence-corrected chi connectivity index (χ4v) is 2.60. The van der Waals surface area contributed by atoms with Crippen LogP contribution < -0.4 is 10.1 Å². The second kappa shape index (κ2) is 5.19. The lowest BCUT2D eigenvalue weighted by molar-refractivity contribution is 0.397. The first-order valence-corrected chi connectivity index (χ1v) is 6.62. The van der Waals surface area contributed by atoms with Crippen LogP contribution >= 0.6 is 11.3 Å². The van der Waals surface area contributed by atoms with Crippen LogP contribution in [0.15, 0.2) is 36.5 Å². The maximum atomic E-state index is 5.05. The Morgan fingerprint density at radius 3 is 2.95 bits per heavy atom. The number of anilines is 1. The summed E-state index contributed by atoms with van der Waals surface area (Å²) >= 11 is 1.67. The Hall–Kier alpha value is -2.21. The Kier molecular flexibility index (Phi) is 3.24. The van der Waals surface area contributed by atoms with E-state index in [1.165, 1.54) is 4.70 Å². The predicted molar refractivity (Wildman–Crippen MR) is 75.5 cm³/mol. The largest absolute Gasteiger partial charge is 0.481 e. The highest BCUT2D eigenvalue weighted by Crippen LogP contribution is 2.22. The number of benzene rings is 1. The van der Waals surface area contributed by atoms with E-state index in [1.807, 2.05) is 18.2 Å². The molecule has 5 nitrogen and oxygen atoms in total. The van der Waals surface area contributed by atoms with Crippen molar-refractivity contribution in [2.45, 2.75) is 6.54 Å². The van der Waals surface area contributed by atoms with Gasteiger partial charge in [-0.3, -0.25) is 0 Å². The molecule has 0 amide bonds. The highest BCUT2D eigenvalue weighted by atomic mass is 32.1. The van der Waals surface area contributed by atoms with Gasteiger partial charge in [-0.2, -0.15) is 4.98 Å². The van der Waals surface area contributed by atoms with Crippen molar-refractivity contribution in [3.63, 3.8) is 0 Å². The van der Waals surface area contributed by atoms with E-state index in [4.69, 9.17) is 4.74 Å². The average Bonchev–Trinajstić information content (AvgIpc) is 2.88. The Morgan fingerprint density at radius 2 is 2.11 bits per heavy atom. The zero-order valence-electron chi connectivity index (χ0n) is 10.3. The molecule has 6 heteroatoms. The molecule has 0 atom stereocenters. The van der Waals surface area contributed by atoms with Gasteiger partial charge in [0.05, 0.1) is 23.9 Å². The molecule has 1 N–H and O–H groups in total. The first-order chi connectivity index (χ1) is 9.35. The van der Waals surface area contributed by atoms with Gasteiger partial charge in [-0.1, -0.05) is 12.1 Å². The predicted octanol–water partition coefficient (Wildman–Crippen LogP) is 2.71. The molecule has 0 radical (unpaired) electrons. The molecule has 0 fully saturated rings. The first-order valence-electron chi connectivity index (χ1n) is 5.80. The van der Waals surface area contributed by atoms with Crippen LogP contribution in [0.2, 0.25) is 0 Å². The maximum Gasteiger partial charge on any atom is 0.226 e.